The van der Waals surface area contributed by atoms with E-state index in [1.54, 1.807) is 0 Å². The van der Waals surface area contributed by atoms with Crippen molar-refractivity contribution in [3.63, 3.8) is 0 Å². The SMILES string of the molecule is CCOC(CN(C)CCCN(C)C)OCC. The first-order chi connectivity index (χ1) is 7.60. The highest BCUT2D eigenvalue weighted by Gasteiger charge is 2.10. The van der Waals surface area contributed by atoms with Crippen molar-refractivity contribution in [3.05, 3.63) is 0 Å². The van der Waals surface area contributed by atoms with Crippen molar-refractivity contribution in [1.29, 1.82) is 0 Å². The Kier molecular flexibility index (Phi) is 9.92. The summed E-state index contributed by atoms with van der Waals surface area (Å²) in [6.07, 6.45) is 1.09. The lowest BCUT2D eigenvalue weighted by Crippen LogP contribution is -2.34. The van der Waals surface area contributed by atoms with Gasteiger partial charge in [-0.1, -0.05) is 0 Å². The molecule has 0 aliphatic carbocycles. The molecule has 0 aromatic rings. The quantitative estimate of drug-likeness (QED) is 0.530. The van der Waals surface area contributed by atoms with E-state index in [0.717, 1.165) is 19.6 Å². The molecule has 0 saturated heterocycles. The maximum Gasteiger partial charge on any atom is 0.170 e. The largest absolute Gasteiger partial charge is 0.352 e. The van der Waals surface area contributed by atoms with Crippen LogP contribution in [0.4, 0.5) is 0 Å². The molecule has 0 spiro atoms. The van der Waals surface area contributed by atoms with E-state index in [4.69, 9.17) is 9.47 Å². The minimum atomic E-state index is -0.0839. The van der Waals surface area contributed by atoms with Crippen LogP contribution in [0, 0.1) is 0 Å². The lowest BCUT2D eigenvalue weighted by atomic mass is 10.3. The van der Waals surface area contributed by atoms with Gasteiger partial charge in [0.15, 0.2) is 6.29 Å². The second-order valence-electron chi connectivity index (χ2n) is 4.26. The van der Waals surface area contributed by atoms with Crippen molar-refractivity contribution in [2.75, 3.05) is 54.0 Å². The number of ether oxygens (including phenoxy) is 2. The standard InChI is InChI=1S/C12H28N2O2/c1-6-15-12(16-7-2)11-14(5)10-8-9-13(3)4/h12H,6-11H2,1-5H3. The average Bonchev–Trinajstić information content (AvgIpc) is 2.17. The maximum atomic E-state index is 5.51. The van der Waals surface area contributed by atoms with E-state index in [1.807, 2.05) is 13.8 Å². The van der Waals surface area contributed by atoms with Gasteiger partial charge in [-0.05, 0) is 54.5 Å². The summed E-state index contributed by atoms with van der Waals surface area (Å²) in [6.45, 7) is 8.45. The molecule has 0 rings (SSSR count). The summed E-state index contributed by atoms with van der Waals surface area (Å²) in [4.78, 5) is 4.47. The summed E-state index contributed by atoms with van der Waals surface area (Å²) in [7, 11) is 6.31. The van der Waals surface area contributed by atoms with Crippen LogP contribution in [0.15, 0.2) is 0 Å². The molecule has 0 unspecified atom stereocenters. The lowest BCUT2D eigenvalue weighted by Gasteiger charge is -2.24. The predicted molar refractivity (Wildman–Crippen MR) is 67.7 cm³/mol. The third-order valence-corrected chi connectivity index (χ3v) is 2.31. The van der Waals surface area contributed by atoms with Crippen molar-refractivity contribution in [3.8, 4) is 0 Å². The fraction of sp³-hybridized carbons (Fsp3) is 1.00. The Balaban J connectivity index is 3.67. The fourth-order valence-corrected chi connectivity index (χ4v) is 1.53. The molecular formula is C12H28N2O2. The summed E-state index contributed by atoms with van der Waals surface area (Å²) < 4.78 is 11.0. The molecule has 0 aliphatic heterocycles. The van der Waals surface area contributed by atoms with Crippen LogP contribution < -0.4 is 0 Å². The molecule has 16 heavy (non-hydrogen) atoms. The van der Waals surface area contributed by atoms with Crippen LogP contribution in [-0.4, -0.2) is 70.1 Å². The molecule has 0 atom stereocenters. The van der Waals surface area contributed by atoms with E-state index >= 15 is 0 Å². The van der Waals surface area contributed by atoms with Gasteiger partial charge in [0, 0.05) is 19.8 Å². The zero-order valence-corrected chi connectivity index (χ0v) is 11.5. The van der Waals surface area contributed by atoms with E-state index in [2.05, 4.69) is 30.9 Å². The molecule has 0 amide bonds. The molecule has 0 aromatic carbocycles. The Hall–Kier alpha value is -0.160. The zero-order valence-electron chi connectivity index (χ0n) is 11.5. The van der Waals surface area contributed by atoms with Gasteiger partial charge in [0.2, 0.25) is 0 Å². The number of hydrogen-bond acceptors (Lipinski definition) is 4. The third kappa shape index (κ3) is 9.09. The molecule has 0 radical (unpaired) electrons. The zero-order chi connectivity index (χ0) is 12.4. The van der Waals surface area contributed by atoms with Gasteiger partial charge in [-0.15, -0.1) is 0 Å². The summed E-state index contributed by atoms with van der Waals surface area (Å²) >= 11 is 0. The Morgan fingerprint density at radius 1 is 0.938 bits per heavy atom. The third-order valence-electron chi connectivity index (χ3n) is 2.31. The van der Waals surface area contributed by atoms with E-state index in [1.165, 1.54) is 6.42 Å². The number of likely N-dealkylation sites (N-methyl/N-ethyl adjacent to an activating group) is 1. The minimum absolute atomic E-state index is 0.0839. The van der Waals surface area contributed by atoms with Crippen molar-refractivity contribution < 1.29 is 9.47 Å². The first-order valence-electron chi connectivity index (χ1n) is 6.16. The van der Waals surface area contributed by atoms with Gasteiger partial charge in [-0.3, -0.25) is 0 Å². The molecule has 0 bridgehead atoms. The average molecular weight is 232 g/mol. The molecule has 0 aliphatic rings. The molecule has 0 fully saturated rings. The first-order valence-corrected chi connectivity index (χ1v) is 6.16. The predicted octanol–water partition coefficient (Wildman–Crippen LogP) is 1.27. The summed E-state index contributed by atoms with van der Waals surface area (Å²) in [5.74, 6) is 0. The summed E-state index contributed by atoms with van der Waals surface area (Å²) in [5, 5.41) is 0. The molecule has 4 nitrogen and oxygen atoms in total. The number of nitrogens with zero attached hydrogens (tertiary/aromatic N) is 2. The first kappa shape index (κ1) is 15.8. The Labute approximate surface area is 101 Å². The number of hydrogen-bond donors (Lipinski definition) is 0. The molecule has 0 aromatic heterocycles. The highest BCUT2D eigenvalue weighted by atomic mass is 16.7. The van der Waals surface area contributed by atoms with Gasteiger partial charge in [0.05, 0.1) is 0 Å². The molecule has 0 saturated carbocycles. The summed E-state index contributed by atoms with van der Waals surface area (Å²) in [5.41, 5.74) is 0. The molecule has 4 heteroatoms. The van der Waals surface area contributed by atoms with Crippen molar-refractivity contribution in [2.45, 2.75) is 26.6 Å². The van der Waals surface area contributed by atoms with E-state index < -0.39 is 0 Å². The van der Waals surface area contributed by atoms with Gasteiger partial charge in [-0.2, -0.15) is 0 Å². The smallest absolute Gasteiger partial charge is 0.170 e. The van der Waals surface area contributed by atoms with Crippen LogP contribution in [0.3, 0.4) is 0 Å². The molecule has 0 N–H and O–H groups in total. The molecule has 0 heterocycles. The highest BCUT2D eigenvalue weighted by molar-refractivity contribution is 4.56. The van der Waals surface area contributed by atoms with Gasteiger partial charge in [-0.25, -0.2) is 0 Å². The highest BCUT2D eigenvalue weighted by Crippen LogP contribution is 1.99. The molecule has 98 valence electrons. The monoisotopic (exact) mass is 232 g/mol. The normalized spacial score (nSPS) is 12.0. The van der Waals surface area contributed by atoms with Crippen LogP contribution in [0.5, 0.6) is 0 Å². The van der Waals surface area contributed by atoms with Crippen LogP contribution >= 0.6 is 0 Å². The second kappa shape index (κ2) is 10.0. The van der Waals surface area contributed by atoms with E-state index in [0.29, 0.717) is 13.2 Å². The second-order valence-corrected chi connectivity index (χ2v) is 4.26. The number of rotatable bonds is 10. The minimum Gasteiger partial charge on any atom is -0.352 e. The Bertz CT molecular complexity index is 148. The van der Waals surface area contributed by atoms with Gasteiger partial charge in [0.1, 0.15) is 0 Å². The van der Waals surface area contributed by atoms with Crippen LogP contribution in [0.1, 0.15) is 20.3 Å². The van der Waals surface area contributed by atoms with Gasteiger partial charge in [0.25, 0.3) is 0 Å². The molecular weight excluding hydrogens is 204 g/mol. The fourth-order valence-electron chi connectivity index (χ4n) is 1.53. The Morgan fingerprint density at radius 2 is 1.50 bits per heavy atom. The van der Waals surface area contributed by atoms with Crippen LogP contribution in [0.25, 0.3) is 0 Å². The van der Waals surface area contributed by atoms with Crippen molar-refractivity contribution >= 4 is 0 Å². The van der Waals surface area contributed by atoms with Crippen LogP contribution in [-0.2, 0) is 9.47 Å². The lowest BCUT2D eigenvalue weighted by molar-refractivity contribution is -0.145. The maximum absolute atomic E-state index is 5.51. The summed E-state index contributed by atoms with van der Waals surface area (Å²) in [6, 6.07) is 0. The van der Waals surface area contributed by atoms with Crippen molar-refractivity contribution in [1.82, 2.24) is 9.80 Å². The van der Waals surface area contributed by atoms with Crippen LogP contribution in [0.2, 0.25) is 0 Å². The van der Waals surface area contributed by atoms with E-state index in [-0.39, 0.29) is 6.29 Å². The van der Waals surface area contributed by atoms with Gasteiger partial charge >= 0.3 is 0 Å². The Morgan fingerprint density at radius 3 is 1.94 bits per heavy atom. The van der Waals surface area contributed by atoms with Crippen molar-refractivity contribution in [2.24, 2.45) is 0 Å². The topological polar surface area (TPSA) is 24.9 Å². The van der Waals surface area contributed by atoms with E-state index in [9.17, 15) is 0 Å². The van der Waals surface area contributed by atoms with Gasteiger partial charge < -0.3 is 19.3 Å².